The predicted molar refractivity (Wildman–Crippen MR) is 79.1 cm³/mol. The molecule has 2 aliphatic rings. The molecule has 2 fully saturated rings. The number of hydrogen-bond donors (Lipinski definition) is 1. The third-order valence-electron chi connectivity index (χ3n) is 5.55. The first kappa shape index (κ1) is 13.2. The molecule has 0 saturated heterocycles. The molecule has 19 heavy (non-hydrogen) atoms. The van der Waals surface area contributed by atoms with Gasteiger partial charge in [-0.25, -0.2) is 0 Å². The maximum absolute atomic E-state index is 10.8. The average Bonchev–Trinajstić information content (AvgIpc) is 2.66. The third kappa shape index (κ3) is 2.45. The lowest BCUT2D eigenvalue weighted by Crippen LogP contribution is -2.24. The van der Waals surface area contributed by atoms with E-state index in [9.17, 15) is 5.11 Å². The Morgan fingerprint density at radius 2 is 1.95 bits per heavy atom. The van der Waals surface area contributed by atoms with E-state index in [2.05, 4.69) is 38.1 Å². The van der Waals surface area contributed by atoms with Gasteiger partial charge < -0.3 is 5.11 Å². The molecule has 2 aliphatic carbocycles. The van der Waals surface area contributed by atoms with E-state index < -0.39 is 0 Å². The lowest BCUT2D eigenvalue weighted by atomic mass is 9.75. The molecule has 0 heterocycles. The van der Waals surface area contributed by atoms with Gasteiger partial charge in [0, 0.05) is 0 Å². The molecule has 1 nitrogen and oxygen atoms in total. The minimum absolute atomic E-state index is 0.280. The summed E-state index contributed by atoms with van der Waals surface area (Å²) < 4.78 is 0. The maximum Gasteiger partial charge on any atom is 0.0823 e. The first-order valence-electron chi connectivity index (χ1n) is 7.86. The number of aliphatic hydroxyl groups excluding tert-OH is 1. The van der Waals surface area contributed by atoms with Crippen LogP contribution in [-0.2, 0) is 0 Å². The topological polar surface area (TPSA) is 20.2 Å². The van der Waals surface area contributed by atoms with Crippen molar-refractivity contribution < 1.29 is 5.11 Å². The van der Waals surface area contributed by atoms with Gasteiger partial charge in [-0.1, -0.05) is 51.0 Å². The van der Waals surface area contributed by atoms with Crippen molar-refractivity contribution in [3.05, 3.63) is 35.4 Å². The molecule has 0 radical (unpaired) electrons. The highest BCUT2D eigenvalue weighted by Crippen LogP contribution is 2.49. The number of aliphatic hydroxyl groups is 1. The van der Waals surface area contributed by atoms with Crippen molar-refractivity contribution in [1.29, 1.82) is 0 Å². The quantitative estimate of drug-likeness (QED) is 0.824. The van der Waals surface area contributed by atoms with Gasteiger partial charge in [0.2, 0.25) is 0 Å². The molecule has 2 saturated carbocycles. The SMILES string of the molecule is CC1(C)CCCC1C(O)c1cccc(C2CCC2)c1. The first-order chi connectivity index (χ1) is 9.08. The zero-order chi connectivity index (χ0) is 13.5. The molecule has 0 aromatic heterocycles. The van der Waals surface area contributed by atoms with Gasteiger partial charge >= 0.3 is 0 Å². The van der Waals surface area contributed by atoms with E-state index in [1.807, 2.05) is 0 Å². The van der Waals surface area contributed by atoms with Crippen LogP contribution in [-0.4, -0.2) is 5.11 Å². The van der Waals surface area contributed by atoms with Gasteiger partial charge in [0.25, 0.3) is 0 Å². The van der Waals surface area contributed by atoms with Gasteiger partial charge in [0.05, 0.1) is 6.10 Å². The van der Waals surface area contributed by atoms with E-state index in [0.717, 1.165) is 11.5 Å². The molecular formula is C18H26O. The van der Waals surface area contributed by atoms with E-state index in [0.29, 0.717) is 5.92 Å². The normalized spacial score (nSPS) is 28.1. The fourth-order valence-electron chi connectivity index (χ4n) is 3.91. The van der Waals surface area contributed by atoms with Crippen molar-refractivity contribution in [1.82, 2.24) is 0 Å². The number of hydrogen-bond acceptors (Lipinski definition) is 1. The van der Waals surface area contributed by atoms with Crippen LogP contribution in [0.2, 0.25) is 0 Å². The monoisotopic (exact) mass is 258 g/mol. The Morgan fingerprint density at radius 3 is 2.53 bits per heavy atom. The summed E-state index contributed by atoms with van der Waals surface area (Å²) in [5.74, 6) is 1.17. The minimum Gasteiger partial charge on any atom is -0.388 e. The second kappa shape index (κ2) is 4.94. The van der Waals surface area contributed by atoms with E-state index in [4.69, 9.17) is 0 Å². The van der Waals surface area contributed by atoms with Crippen LogP contribution >= 0.6 is 0 Å². The number of rotatable bonds is 3. The highest BCUT2D eigenvalue weighted by molar-refractivity contribution is 5.29. The Morgan fingerprint density at radius 1 is 1.16 bits per heavy atom. The minimum atomic E-state index is -0.280. The molecule has 1 aromatic rings. The van der Waals surface area contributed by atoms with Crippen LogP contribution in [0.25, 0.3) is 0 Å². The lowest BCUT2D eigenvalue weighted by Gasteiger charge is -2.32. The van der Waals surface area contributed by atoms with E-state index in [1.165, 1.54) is 44.1 Å². The fourth-order valence-corrected chi connectivity index (χ4v) is 3.91. The Labute approximate surface area is 117 Å². The Kier molecular flexibility index (Phi) is 3.42. The molecular weight excluding hydrogens is 232 g/mol. The number of benzene rings is 1. The second-order valence-corrected chi connectivity index (χ2v) is 7.23. The predicted octanol–water partition coefficient (Wildman–Crippen LogP) is 4.81. The van der Waals surface area contributed by atoms with E-state index in [1.54, 1.807) is 0 Å². The van der Waals surface area contributed by atoms with Crippen molar-refractivity contribution in [2.24, 2.45) is 11.3 Å². The summed E-state index contributed by atoms with van der Waals surface area (Å²) in [5.41, 5.74) is 2.87. The molecule has 2 atom stereocenters. The summed E-state index contributed by atoms with van der Waals surface area (Å²) in [6.07, 6.45) is 7.42. The van der Waals surface area contributed by atoms with Gasteiger partial charge in [-0.2, -0.15) is 0 Å². The van der Waals surface area contributed by atoms with Crippen LogP contribution in [0.4, 0.5) is 0 Å². The summed E-state index contributed by atoms with van der Waals surface area (Å²) in [6.45, 7) is 4.62. The smallest absolute Gasteiger partial charge is 0.0823 e. The molecule has 0 aliphatic heterocycles. The Hall–Kier alpha value is -0.820. The standard InChI is InChI=1S/C18H26O/c1-18(2)11-5-10-16(18)17(19)15-9-4-8-14(12-15)13-6-3-7-13/h4,8-9,12-13,16-17,19H,3,5-7,10-11H2,1-2H3. The fraction of sp³-hybridized carbons (Fsp3) is 0.667. The van der Waals surface area contributed by atoms with Crippen LogP contribution in [0, 0.1) is 11.3 Å². The van der Waals surface area contributed by atoms with Gasteiger partial charge in [0.1, 0.15) is 0 Å². The van der Waals surface area contributed by atoms with Gasteiger partial charge in [-0.15, -0.1) is 0 Å². The zero-order valence-corrected chi connectivity index (χ0v) is 12.2. The van der Waals surface area contributed by atoms with Crippen molar-refractivity contribution in [2.75, 3.05) is 0 Å². The Balaban J connectivity index is 1.81. The first-order valence-corrected chi connectivity index (χ1v) is 7.86. The van der Waals surface area contributed by atoms with E-state index in [-0.39, 0.29) is 11.5 Å². The molecule has 1 heteroatoms. The summed E-state index contributed by atoms with van der Waals surface area (Å²) in [7, 11) is 0. The third-order valence-corrected chi connectivity index (χ3v) is 5.55. The van der Waals surface area contributed by atoms with Crippen LogP contribution in [0.5, 0.6) is 0 Å². The van der Waals surface area contributed by atoms with Gasteiger partial charge in [0.15, 0.2) is 0 Å². The van der Waals surface area contributed by atoms with Crippen LogP contribution in [0.3, 0.4) is 0 Å². The molecule has 1 N–H and O–H groups in total. The Bertz CT molecular complexity index is 445. The van der Waals surface area contributed by atoms with Crippen LogP contribution < -0.4 is 0 Å². The van der Waals surface area contributed by atoms with Gasteiger partial charge in [-0.3, -0.25) is 0 Å². The van der Waals surface area contributed by atoms with Crippen LogP contribution in [0.1, 0.15) is 75.5 Å². The molecule has 104 valence electrons. The largest absolute Gasteiger partial charge is 0.388 e. The van der Waals surface area contributed by atoms with Crippen molar-refractivity contribution >= 4 is 0 Å². The molecule has 1 aromatic carbocycles. The molecule has 2 unspecified atom stereocenters. The van der Waals surface area contributed by atoms with Crippen LogP contribution in [0.15, 0.2) is 24.3 Å². The summed E-state index contributed by atoms with van der Waals surface area (Å²) >= 11 is 0. The van der Waals surface area contributed by atoms with Crippen molar-refractivity contribution in [3.8, 4) is 0 Å². The van der Waals surface area contributed by atoms with Crippen molar-refractivity contribution in [2.45, 2.75) is 64.4 Å². The summed E-state index contributed by atoms with van der Waals surface area (Å²) in [6, 6.07) is 8.75. The second-order valence-electron chi connectivity index (χ2n) is 7.23. The summed E-state index contributed by atoms with van der Waals surface area (Å²) in [4.78, 5) is 0. The highest BCUT2D eigenvalue weighted by Gasteiger charge is 2.39. The molecule has 0 amide bonds. The zero-order valence-electron chi connectivity index (χ0n) is 12.2. The summed E-state index contributed by atoms with van der Waals surface area (Å²) in [5, 5.41) is 10.8. The maximum atomic E-state index is 10.8. The van der Waals surface area contributed by atoms with Gasteiger partial charge in [-0.05, 0) is 54.1 Å². The highest BCUT2D eigenvalue weighted by atomic mass is 16.3. The van der Waals surface area contributed by atoms with Crippen molar-refractivity contribution in [3.63, 3.8) is 0 Å². The average molecular weight is 258 g/mol. The molecule has 3 rings (SSSR count). The molecule has 0 spiro atoms. The molecule has 0 bridgehead atoms. The van der Waals surface area contributed by atoms with E-state index >= 15 is 0 Å². The lowest BCUT2D eigenvalue weighted by molar-refractivity contribution is 0.0530.